The van der Waals surface area contributed by atoms with Crippen molar-refractivity contribution in [2.24, 2.45) is 0 Å². The monoisotopic (exact) mass is 442 g/mol. The summed E-state index contributed by atoms with van der Waals surface area (Å²) in [6.45, 7) is 1.89. The van der Waals surface area contributed by atoms with Gasteiger partial charge in [0.05, 0.1) is 0 Å². The molecular formula is C16H26O10S2. The van der Waals surface area contributed by atoms with Crippen molar-refractivity contribution >= 4 is 32.2 Å². The minimum absolute atomic E-state index is 0.0215. The van der Waals surface area contributed by atoms with E-state index < -0.39 is 42.0 Å². The van der Waals surface area contributed by atoms with Crippen LogP contribution in [0.5, 0.6) is 0 Å². The van der Waals surface area contributed by atoms with Gasteiger partial charge in [-0.2, -0.15) is 16.8 Å². The Morgan fingerprint density at radius 1 is 0.607 bits per heavy atom. The normalized spacial score (nSPS) is 22.2. The molecule has 162 valence electrons. The highest BCUT2D eigenvalue weighted by Gasteiger charge is 2.55. The van der Waals surface area contributed by atoms with Crippen LogP contribution >= 0.6 is 0 Å². The first-order valence-electron chi connectivity index (χ1n) is 9.21. The van der Waals surface area contributed by atoms with Crippen molar-refractivity contribution in [2.45, 2.75) is 87.9 Å². The first-order valence-corrected chi connectivity index (χ1v) is 12.0. The Balaban J connectivity index is 2.35. The van der Waals surface area contributed by atoms with Gasteiger partial charge in [0.15, 0.2) is 0 Å². The standard InChI is InChI=1S/C16H26O10S2/c1-13(17)23-27(19,20)15(9-5-3-6-10-15)25-26-16(11-7-4-8-12-16)28(21,22)24-14(2)18/h3-12H2,1-2H3. The van der Waals surface area contributed by atoms with Crippen LogP contribution in [0.4, 0.5) is 0 Å². The Kier molecular flexibility index (Phi) is 7.11. The zero-order chi connectivity index (χ0) is 21.1. The van der Waals surface area contributed by atoms with Crippen LogP contribution in [-0.2, 0) is 48.0 Å². The lowest BCUT2D eigenvalue weighted by Crippen LogP contribution is -2.51. The largest absolute Gasteiger partial charge is 0.345 e. The highest BCUT2D eigenvalue weighted by molar-refractivity contribution is 7.88. The second-order valence-corrected chi connectivity index (χ2v) is 10.8. The van der Waals surface area contributed by atoms with E-state index in [9.17, 15) is 26.4 Å². The molecule has 0 saturated heterocycles. The molecule has 0 amide bonds. The van der Waals surface area contributed by atoms with Gasteiger partial charge in [0.25, 0.3) is 0 Å². The van der Waals surface area contributed by atoms with Crippen molar-refractivity contribution in [3.8, 4) is 0 Å². The number of hydrogen-bond donors (Lipinski definition) is 0. The molecule has 2 aliphatic rings. The van der Waals surface area contributed by atoms with Crippen molar-refractivity contribution < 1.29 is 44.6 Å². The molecule has 2 rings (SSSR count). The second kappa shape index (κ2) is 8.64. The van der Waals surface area contributed by atoms with Crippen molar-refractivity contribution in [1.29, 1.82) is 0 Å². The summed E-state index contributed by atoms with van der Waals surface area (Å²) >= 11 is 0. The van der Waals surface area contributed by atoms with Crippen molar-refractivity contribution in [3.63, 3.8) is 0 Å². The predicted molar refractivity (Wildman–Crippen MR) is 95.2 cm³/mol. The van der Waals surface area contributed by atoms with E-state index in [4.69, 9.17) is 9.78 Å². The summed E-state index contributed by atoms with van der Waals surface area (Å²) in [5.74, 6) is -2.07. The Hall–Kier alpha value is -1.24. The molecule has 2 fully saturated rings. The molecule has 0 atom stereocenters. The molecule has 0 spiro atoms. The first-order chi connectivity index (χ1) is 13.0. The average Bonchev–Trinajstić information content (AvgIpc) is 2.59. The fourth-order valence-corrected chi connectivity index (χ4v) is 6.28. The summed E-state index contributed by atoms with van der Waals surface area (Å²) in [6, 6.07) is 0. The third-order valence-electron chi connectivity index (χ3n) is 4.94. The van der Waals surface area contributed by atoms with Crippen molar-refractivity contribution in [2.75, 3.05) is 0 Å². The molecule has 12 heteroatoms. The Morgan fingerprint density at radius 2 is 0.893 bits per heavy atom. The summed E-state index contributed by atoms with van der Waals surface area (Å²) in [4.78, 5) is 29.1. The van der Waals surface area contributed by atoms with Gasteiger partial charge in [0.2, 0.25) is 9.87 Å². The van der Waals surface area contributed by atoms with E-state index in [0.717, 1.165) is 26.7 Å². The van der Waals surface area contributed by atoms with E-state index >= 15 is 0 Å². The van der Waals surface area contributed by atoms with E-state index in [1.165, 1.54) is 0 Å². The smallest absolute Gasteiger partial charge is 0.344 e. The van der Waals surface area contributed by atoms with Gasteiger partial charge in [-0.1, -0.05) is 12.8 Å². The van der Waals surface area contributed by atoms with Crippen LogP contribution < -0.4 is 0 Å². The number of carbonyl (C=O) groups is 2. The van der Waals surface area contributed by atoms with Crippen LogP contribution in [0, 0.1) is 0 Å². The predicted octanol–water partition coefficient (Wildman–Crippen LogP) is 2.04. The quantitative estimate of drug-likeness (QED) is 0.327. The first kappa shape index (κ1) is 23.0. The summed E-state index contributed by atoms with van der Waals surface area (Å²) < 4.78 is 59.6. The maximum absolute atomic E-state index is 12.6. The van der Waals surface area contributed by atoms with Gasteiger partial charge >= 0.3 is 32.2 Å². The van der Waals surface area contributed by atoms with Crippen molar-refractivity contribution in [1.82, 2.24) is 0 Å². The molecule has 0 bridgehead atoms. The molecule has 2 saturated carbocycles. The van der Waals surface area contributed by atoms with E-state index in [1.54, 1.807) is 0 Å². The molecule has 0 aromatic rings. The number of carbonyl (C=O) groups excluding carboxylic acids is 2. The lowest BCUT2D eigenvalue weighted by atomic mass is 9.97. The number of hydrogen-bond acceptors (Lipinski definition) is 10. The van der Waals surface area contributed by atoms with Gasteiger partial charge in [-0.05, 0) is 51.4 Å². The van der Waals surface area contributed by atoms with Crippen LogP contribution in [-0.4, -0.2) is 38.6 Å². The Morgan fingerprint density at radius 3 is 1.14 bits per heavy atom. The SMILES string of the molecule is CC(=O)OS(=O)(=O)C1(OOC2(S(=O)(=O)OC(C)=O)CCCCC2)CCCCC1. The molecule has 28 heavy (non-hydrogen) atoms. The third-order valence-corrected chi connectivity index (χ3v) is 8.62. The van der Waals surface area contributed by atoms with Gasteiger partial charge in [0, 0.05) is 13.8 Å². The van der Waals surface area contributed by atoms with E-state index in [-0.39, 0.29) is 25.7 Å². The van der Waals surface area contributed by atoms with Crippen LogP contribution in [0.2, 0.25) is 0 Å². The number of rotatable bonds is 7. The van der Waals surface area contributed by atoms with Crippen LogP contribution in [0.25, 0.3) is 0 Å². The molecule has 0 unspecified atom stereocenters. The molecular weight excluding hydrogens is 416 g/mol. The zero-order valence-corrected chi connectivity index (χ0v) is 17.6. The summed E-state index contributed by atoms with van der Waals surface area (Å²) in [5, 5.41) is 0. The maximum atomic E-state index is 12.6. The Labute approximate surface area is 165 Å². The molecule has 2 aliphatic carbocycles. The molecule has 0 aromatic carbocycles. The molecule has 0 N–H and O–H groups in total. The van der Waals surface area contributed by atoms with E-state index in [1.807, 2.05) is 0 Å². The van der Waals surface area contributed by atoms with Crippen LogP contribution in [0.3, 0.4) is 0 Å². The average molecular weight is 443 g/mol. The van der Waals surface area contributed by atoms with E-state index in [2.05, 4.69) is 8.37 Å². The van der Waals surface area contributed by atoms with Gasteiger partial charge < -0.3 is 8.37 Å². The zero-order valence-electron chi connectivity index (χ0n) is 16.0. The lowest BCUT2D eigenvalue weighted by Gasteiger charge is -2.39. The molecule has 0 aromatic heterocycles. The molecule has 0 radical (unpaired) electrons. The highest BCUT2D eigenvalue weighted by Crippen LogP contribution is 2.43. The minimum Gasteiger partial charge on any atom is -0.344 e. The summed E-state index contributed by atoms with van der Waals surface area (Å²) in [6.07, 6.45) is 3.27. The van der Waals surface area contributed by atoms with Crippen molar-refractivity contribution in [3.05, 3.63) is 0 Å². The van der Waals surface area contributed by atoms with E-state index in [0.29, 0.717) is 25.7 Å². The van der Waals surface area contributed by atoms with Crippen LogP contribution in [0.1, 0.15) is 78.1 Å². The van der Waals surface area contributed by atoms with Gasteiger partial charge in [-0.15, -0.1) is 0 Å². The fourth-order valence-electron chi connectivity index (χ4n) is 3.54. The van der Waals surface area contributed by atoms with Crippen LogP contribution in [0.15, 0.2) is 0 Å². The molecule has 10 nitrogen and oxygen atoms in total. The summed E-state index contributed by atoms with van der Waals surface area (Å²) in [5.41, 5.74) is 0. The molecule has 0 aliphatic heterocycles. The highest BCUT2D eigenvalue weighted by atomic mass is 32.2. The third kappa shape index (κ3) is 4.84. The molecule has 0 heterocycles. The maximum Gasteiger partial charge on any atom is 0.345 e. The minimum atomic E-state index is -4.54. The Bertz CT molecular complexity index is 719. The lowest BCUT2D eigenvalue weighted by molar-refractivity contribution is -0.384. The van der Waals surface area contributed by atoms with Gasteiger partial charge in [0.1, 0.15) is 0 Å². The fraction of sp³-hybridized carbons (Fsp3) is 0.875. The second-order valence-electron chi connectivity index (χ2n) is 7.17. The topological polar surface area (TPSA) is 139 Å². The summed E-state index contributed by atoms with van der Waals surface area (Å²) in [7, 11) is -9.08. The van der Waals surface area contributed by atoms with Gasteiger partial charge in [-0.25, -0.2) is 9.78 Å². The van der Waals surface area contributed by atoms with Gasteiger partial charge in [-0.3, -0.25) is 9.59 Å².